The molecule has 0 bridgehead atoms. The molecule has 2 N–H and O–H groups in total. The number of nitrogens with one attached hydrogen (secondary N) is 2. The van der Waals surface area contributed by atoms with Crippen LogP contribution in [0.4, 0.5) is 0 Å². The fourth-order valence-electron chi connectivity index (χ4n) is 1.84. The van der Waals surface area contributed by atoms with Crippen LogP contribution in [-0.2, 0) is 4.74 Å². The molecule has 0 unspecified atom stereocenters. The van der Waals surface area contributed by atoms with Gasteiger partial charge in [-0.1, -0.05) is 11.6 Å². The SMILES string of the molecule is CCNC(=NCCC1=CCOCC1)NC1CC1.I. The van der Waals surface area contributed by atoms with Crippen molar-refractivity contribution in [3.05, 3.63) is 11.6 Å². The van der Waals surface area contributed by atoms with Gasteiger partial charge in [0.2, 0.25) is 0 Å². The number of aliphatic imine (C=N–C) groups is 1. The number of nitrogens with zero attached hydrogens (tertiary/aromatic N) is 1. The van der Waals surface area contributed by atoms with E-state index in [1.807, 2.05) is 0 Å². The first kappa shape index (κ1) is 15.8. The van der Waals surface area contributed by atoms with Crippen LogP contribution in [0.3, 0.4) is 0 Å². The molecule has 0 aromatic rings. The Labute approximate surface area is 127 Å². The summed E-state index contributed by atoms with van der Waals surface area (Å²) in [6.45, 7) is 5.55. The van der Waals surface area contributed by atoms with Gasteiger partial charge in [0, 0.05) is 19.1 Å². The number of hydrogen-bond donors (Lipinski definition) is 2. The molecule has 4 nitrogen and oxygen atoms in total. The maximum atomic E-state index is 5.29. The van der Waals surface area contributed by atoms with Gasteiger partial charge in [-0.25, -0.2) is 0 Å². The average Bonchev–Trinajstić information content (AvgIpc) is 3.15. The number of hydrogen-bond acceptors (Lipinski definition) is 2. The molecule has 1 fully saturated rings. The maximum Gasteiger partial charge on any atom is 0.191 e. The molecule has 0 spiro atoms. The van der Waals surface area contributed by atoms with E-state index in [0.29, 0.717) is 6.04 Å². The first-order chi connectivity index (χ1) is 8.38. The van der Waals surface area contributed by atoms with Crippen molar-refractivity contribution in [3.8, 4) is 0 Å². The van der Waals surface area contributed by atoms with Gasteiger partial charge in [-0.2, -0.15) is 0 Å². The molecule has 104 valence electrons. The third kappa shape index (κ3) is 6.04. The zero-order valence-electron chi connectivity index (χ0n) is 11.1. The molecule has 0 aromatic carbocycles. The van der Waals surface area contributed by atoms with Gasteiger partial charge in [-0.05, 0) is 32.6 Å². The highest BCUT2D eigenvalue weighted by Crippen LogP contribution is 2.18. The Morgan fingerprint density at radius 1 is 1.50 bits per heavy atom. The Kier molecular flexibility index (Phi) is 7.65. The summed E-state index contributed by atoms with van der Waals surface area (Å²) in [5, 5.41) is 6.71. The van der Waals surface area contributed by atoms with Crippen LogP contribution in [0.5, 0.6) is 0 Å². The molecule has 1 heterocycles. The molecule has 18 heavy (non-hydrogen) atoms. The van der Waals surface area contributed by atoms with Crippen LogP contribution in [0, 0.1) is 0 Å². The highest BCUT2D eigenvalue weighted by atomic mass is 127. The molecule has 0 radical (unpaired) electrons. The predicted octanol–water partition coefficient (Wildman–Crippen LogP) is 2.06. The van der Waals surface area contributed by atoms with Crippen molar-refractivity contribution in [3.63, 3.8) is 0 Å². The quantitative estimate of drug-likeness (QED) is 0.339. The predicted molar refractivity (Wildman–Crippen MR) is 85.7 cm³/mol. The molecule has 2 aliphatic rings. The molecule has 1 aliphatic carbocycles. The van der Waals surface area contributed by atoms with E-state index in [9.17, 15) is 0 Å². The minimum atomic E-state index is 0. The summed E-state index contributed by atoms with van der Waals surface area (Å²) in [5.74, 6) is 0.975. The van der Waals surface area contributed by atoms with Crippen LogP contribution in [-0.4, -0.2) is 38.3 Å². The summed E-state index contributed by atoms with van der Waals surface area (Å²) < 4.78 is 5.29. The van der Waals surface area contributed by atoms with Gasteiger partial charge in [0.05, 0.1) is 13.2 Å². The standard InChI is InChI=1S/C13H23N3O.HI/c1-2-14-13(16-12-3-4-12)15-8-5-11-6-9-17-10-7-11;/h6,12H,2-5,7-10H2,1H3,(H2,14,15,16);1H. The lowest BCUT2D eigenvalue weighted by molar-refractivity contribution is 0.153. The van der Waals surface area contributed by atoms with Gasteiger partial charge >= 0.3 is 0 Å². The molecular weight excluding hydrogens is 341 g/mol. The minimum Gasteiger partial charge on any atom is -0.377 e. The smallest absolute Gasteiger partial charge is 0.191 e. The molecule has 0 saturated heterocycles. The summed E-state index contributed by atoms with van der Waals surface area (Å²) in [6.07, 6.45) is 6.90. The number of rotatable bonds is 5. The lowest BCUT2D eigenvalue weighted by Crippen LogP contribution is -2.38. The molecule has 1 saturated carbocycles. The summed E-state index contributed by atoms with van der Waals surface area (Å²) >= 11 is 0. The molecule has 0 atom stereocenters. The van der Waals surface area contributed by atoms with Crippen molar-refractivity contribution < 1.29 is 4.74 Å². The topological polar surface area (TPSA) is 45.7 Å². The Hall–Kier alpha value is -0.300. The van der Waals surface area contributed by atoms with E-state index < -0.39 is 0 Å². The summed E-state index contributed by atoms with van der Waals surface area (Å²) in [7, 11) is 0. The third-order valence-corrected chi connectivity index (χ3v) is 3.02. The minimum absolute atomic E-state index is 0. The zero-order chi connectivity index (χ0) is 11.9. The van der Waals surface area contributed by atoms with E-state index in [0.717, 1.165) is 45.1 Å². The summed E-state index contributed by atoms with van der Waals surface area (Å²) in [5.41, 5.74) is 1.49. The second-order valence-corrected chi connectivity index (χ2v) is 4.62. The Balaban J connectivity index is 0.00000162. The Bertz CT molecular complexity index is 301. The molecule has 2 rings (SSSR count). The third-order valence-electron chi connectivity index (χ3n) is 3.02. The lowest BCUT2D eigenvalue weighted by Gasteiger charge is -2.13. The fourth-order valence-corrected chi connectivity index (χ4v) is 1.84. The Morgan fingerprint density at radius 2 is 2.33 bits per heavy atom. The van der Waals surface area contributed by atoms with Crippen molar-refractivity contribution in [2.45, 2.75) is 38.6 Å². The van der Waals surface area contributed by atoms with Crippen LogP contribution in [0.1, 0.15) is 32.6 Å². The van der Waals surface area contributed by atoms with Gasteiger partial charge in [-0.3, -0.25) is 4.99 Å². The number of ether oxygens (including phenoxy) is 1. The first-order valence-electron chi connectivity index (χ1n) is 6.69. The van der Waals surface area contributed by atoms with Gasteiger partial charge in [0.25, 0.3) is 0 Å². The molecular formula is C13H24IN3O. The highest BCUT2D eigenvalue weighted by Gasteiger charge is 2.21. The monoisotopic (exact) mass is 365 g/mol. The second-order valence-electron chi connectivity index (χ2n) is 4.62. The number of guanidine groups is 1. The normalized spacial score (nSPS) is 19.8. The first-order valence-corrected chi connectivity index (χ1v) is 6.69. The van der Waals surface area contributed by atoms with Crippen LogP contribution in [0.15, 0.2) is 16.6 Å². The molecule has 1 aliphatic heterocycles. The zero-order valence-corrected chi connectivity index (χ0v) is 13.4. The number of halogens is 1. The van der Waals surface area contributed by atoms with Gasteiger partial charge < -0.3 is 15.4 Å². The van der Waals surface area contributed by atoms with E-state index in [1.165, 1.54) is 18.4 Å². The van der Waals surface area contributed by atoms with Crippen molar-refractivity contribution in [2.75, 3.05) is 26.3 Å². The maximum absolute atomic E-state index is 5.29. The second kappa shape index (κ2) is 8.74. The van der Waals surface area contributed by atoms with Gasteiger partial charge in [0.1, 0.15) is 0 Å². The van der Waals surface area contributed by atoms with E-state index in [-0.39, 0.29) is 24.0 Å². The van der Waals surface area contributed by atoms with E-state index in [4.69, 9.17) is 4.74 Å². The largest absolute Gasteiger partial charge is 0.377 e. The van der Waals surface area contributed by atoms with Crippen LogP contribution in [0.25, 0.3) is 0 Å². The average molecular weight is 365 g/mol. The highest BCUT2D eigenvalue weighted by molar-refractivity contribution is 14.0. The lowest BCUT2D eigenvalue weighted by atomic mass is 10.1. The molecule has 5 heteroatoms. The van der Waals surface area contributed by atoms with E-state index in [1.54, 1.807) is 0 Å². The van der Waals surface area contributed by atoms with Crippen molar-refractivity contribution in [1.29, 1.82) is 0 Å². The van der Waals surface area contributed by atoms with E-state index >= 15 is 0 Å². The van der Waals surface area contributed by atoms with Gasteiger partial charge in [-0.15, -0.1) is 24.0 Å². The van der Waals surface area contributed by atoms with Crippen LogP contribution < -0.4 is 10.6 Å². The van der Waals surface area contributed by atoms with Crippen LogP contribution in [0.2, 0.25) is 0 Å². The molecule has 0 aromatic heterocycles. The summed E-state index contributed by atoms with van der Waals surface area (Å²) in [4.78, 5) is 4.60. The van der Waals surface area contributed by atoms with Gasteiger partial charge in [0.15, 0.2) is 5.96 Å². The van der Waals surface area contributed by atoms with Crippen molar-refractivity contribution in [2.24, 2.45) is 4.99 Å². The summed E-state index contributed by atoms with van der Waals surface area (Å²) in [6, 6.07) is 0.662. The van der Waals surface area contributed by atoms with Crippen molar-refractivity contribution >= 4 is 29.9 Å². The van der Waals surface area contributed by atoms with Crippen LogP contribution >= 0.6 is 24.0 Å². The Morgan fingerprint density at radius 3 is 2.94 bits per heavy atom. The van der Waals surface area contributed by atoms with Crippen molar-refractivity contribution in [1.82, 2.24) is 10.6 Å². The fraction of sp³-hybridized carbons (Fsp3) is 0.769. The molecule has 0 amide bonds. The van der Waals surface area contributed by atoms with E-state index in [2.05, 4.69) is 28.6 Å².